The molecule has 1 aliphatic heterocycles. The first-order valence-electron chi connectivity index (χ1n) is 6.32. The Balaban J connectivity index is 2.12. The Bertz CT molecular complexity index is 348. The summed E-state index contributed by atoms with van der Waals surface area (Å²) in [7, 11) is 3.35. The van der Waals surface area contributed by atoms with Gasteiger partial charge >= 0.3 is 6.03 Å². The molecule has 0 radical (unpaired) electrons. The number of aliphatic imine (C=N–C) groups is 1. The van der Waals surface area contributed by atoms with Crippen LogP contribution in [-0.2, 0) is 9.47 Å². The maximum Gasteiger partial charge on any atom is 0.346 e. The van der Waals surface area contributed by atoms with Gasteiger partial charge in [0, 0.05) is 20.8 Å². The number of carbonyl (C=O) groups excluding carboxylic acids is 1. The van der Waals surface area contributed by atoms with Gasteiger partial charge in [-0.1, -0.05) is 0 Å². The van der Waals surface area contributed by atoms with Gasteiger partial charge in [0.1, 0.15) is 11.4 Å². The number of hydrogen-bond acceptors (Lipinski definition) is 4. The number of carbonyl (C=O) groups is 1. The van der Waals surface area contributed by atoms with E-state index in [2.05, 4.69) is 4.99 Å². The molecule has 2 N–H and O–H groups in total. The summed E-state index contributed by atoms with van der Waals surface area (Å²) < 4.78 is 10.4. The van der Waals surface area contributed by atoms with Gasteiger partial charge in [-0.05, 0) is 25.7 Å². The zero-order valence-electron chi connectivity index (χ0n) is 11.0. The van der Waals surface area contributed by atoms with Crippen LogP contribution >= 0.6 is 0 Å². The summed E-state index contributed by atoms with van der Waals surface area (Å²) in [5.41, 5.74) is 5.59. The van der Waals surface area contributed by atoms with Crippen molar-refractivity contribution in [3.63, 3.8) is 0 Å². The summed E-state index contributed by atoms with van der Waals surface area (Å²) in [5.74, 6) is 0.457. The van der Waals surface area contributed by atoms with Gasteiger partial charge in [0.25, 0.3) is 0 Å². The van der Waals surface area contributed by atoms with Crippen LogP contribution in [-0.4, -0.2) is 55.8 Å². The lowest BCUT2D eigenvalue weighted by molar-refractivity contribution is 0.0288. The number of amidine groups is 1. The fourth-order valence-electron chi connectivity index (χ4n) is 2.91. The molecule has 2 rings (SSSR count). The zero-order valence-corrected chi connectivity index (χ0v) is 11.0. The third-order valence-corrected chi connectivity index (χ3v) is 4.05. The summed E-state index contributed by atoms with van der Waals surface area (Å²) in [4.78, 5) is 17.6. The minimum atomic E-state index is -0.398. The zero-order chi connectivity index (χ0) is 13.2. The molecule has 2 amide bonds. The molecule has 1 aliphatic carbocycles. The molecule has 1 spiro atoms. The van der Waals surface area contributed by atoms with Gasteiger partial charge in [-0.25, -0.2) is 4.79 Å². The molecule has 1 fully saturated rings. The Morgan fingerprint density at radius 2 is 2.11 bits per heavy atom. The molecule has 2 aliphatic rings. The first-order chi connectivity index (χ1) is 8.64. The normalized spacial score (nSPS) is 32.1. The van der Waals surface area contributed by atoms with Crippen LogP contribution < -0.4 is 5.73 Å². The molecule has 102 valence electrons. The van der Waals surface area contributed by atoms with Crippen LogP contribution in [0.25, 0.3) is 0 Å². The molecule has 0 aromatic rings. The molecule has 1 saturated carbocycles. The highest BCUT2D eigenvalue weighted by Gasteiger charge is 2.49. The number of nitrogens with two attached hydrogens (primary N) is 1. The molecular weight excluding hydrogens is 234 g/mol. The van der Waals surface area contributed by atoms with E-state index in [0.717, 1.165) is 25.7 Å². The second-order valence-corrected chi connectivity index (χ2v) is 4.89. The van der Waals surface area contributed by atoms with Crippen molar-refractivity contribution in [2.45, 2.75) is 37.3 Å². The van der Waals surface area contributed by atoms with Crippen molar-refractivity contribution in [2.24, 2.45) is 10.7 Å². The minimum Gasteiger partial charge on any atom is -0.385 e. The molecule has 1 heterocycles. The maximum atomic E-state index is 11.9. The minimum absolute atomic E-state index is 0.236. The highest BCUT2D eigenvalue weighted by molar-refractivity contribution is 6.05. The van der Waals surface area contributed by atoms with Crippen molar-refractivity contribution in [2.75, 3.05) is 27.4 Å². The van der Waals surface area contributed by atoms with E-state index in [9.17, 15) is 4.79 Å². The molecule has 0 aromatic heterocycles. The smallest absolute Gasteiger partial charge is 0.346 e. The Hall–Kier alpha value is -1.14. The van der Waals surface area contributed by atoms with Crippen molar-refractivity contribution in [1.82, 2.24) is 4.90 Å². The fraction of sp³-hybridized carbons (Fsp3) is 0.833. The summed E-state index contributed by atoms with van der Waals surface area (Å²) >= 11 is 0. The number of rotatable bonds is 4. The van der Waals surface area contributed by atoms with Crippen LogP contribution in [0.15, 0.2) is 4.99 Å². The van der Waals surface area contributed by atoms with E-state index in [0.29, 0.717) is 19.0 Å². The van der Waals surface area contributed by atoms with Crippen molar-refractivity contribution in [1.29, 1.82) is 0 Å². The van der Waals surface area contributed by atoms with E-state index in [4.69, 9.17) is 15.2 Å². The van der Waals surface area contributed by atoms with Gasteiger partial charge in [0.05, 0.1) is 12.7 Å². The topological polar surface area (TPSA) is 77.2 Å². The standard InChI is InChI=1S/C12H21N3O3/c1-17-8-7-15-11(16)14-10(13)12(15)5-3-9(18-2)4-6-12/h9H,3-8H2,1-2H3,(H2,13,14,16). The van der Waals surface area contributed by atoms with Gasteiger partial charge in [-0.15, -0.1) is 0 Å². The second-order valence-electron chi connectivity index (χ2n) is 4.89. The third-order valence-electron chi connectivity index (χ3n) is 4.05. The molecule has 0 bridgehead atoms. The number of methoxy groups -OCH3 is 2. The van der Waals surface area contributed by atoms with Gasteiger partial charge in [0.15, 0.2) is 0 Å². The van der Waals surface area contributed by atoms with Crippen LogP contribution in [0.2, 0.25) is 0 Å². The molecule has 6 nitrogen and oxygen atoms in total. The monoisotopic (exact) mass is 255 g/mol. The molecule has 0 aromatic carbocycles. The van der Waals surface area contributed by atoms with Gasteiger partial charge in [-0.3, -0.25) is 0 Å². The fourth-order valence-corrected chi connectivity index (χ4v) is 2.91. The maximum absolute atomic E-state index is 11.9. The van der Waals surface area contributed by atoms with Crippen LogP contribution in [0.4, 0.5) is 4.79 Å². The summed E-state index contributed by atoms with van der Waals surface area (Å²) in [6.07, 6.45) is 3.71. The summed E-state index contributed by atoms with van der Waals surface area (Å²) in [6.45, 7) is 1.04. The first-order valence-corrected chi connectivity index (χ1v) is 6.32. The largest absolute Gasteiger partial charge is 0.385 e. The quantitative estimate of drug-likeness (QED) is 0.804. The van der Waals surface area contributed by atoms with Crippen LogP contribution in [0.5, 0.6) is 0 Å². The van der Waals surface area contributed by atoms with Crippen molar-refractivity contribution >= 4 is 11.9 Å². The average molecular weight is 255 g/mol. The number of ether oxygens (including phenoxy) is 2. The van der Waals surface area contributed by atoms with E-state index in [-0.39, 0.29) is 12.1 Å². The van der Waals surface area contributed by atoms with E-state index in [1.54, 1.807) is 19.1 Å². The number of urea groups is 1. The number of nitrogens with zero attached hydrogens (tertiary/aromatic N) is 2. The van der Waals surface area contributed by atoms with Gasteiger partial charge in [0.2, 0.25) is 0 Å². The Morgan fingerprint density at radius 1 is 1.44 bits per heavy atom. The summed E-state index contributed by atoms with van der Waals surface area (Å²) in [5, 5.41) is 0. The highest BCUT2D eigenvalue weighted by atomic mass is 16.5. The third kappa shape index (κ3) is 2.10. The van der Waals surface area contributed by atoms with E-state index in [1.807, 2.05) is 0 Å². The van der Waals surface area contributed by atoms with Crippen LogP contribution in [0.1, 0.15) is 25.7 Å². The van der Waals surface area contributed by atoms with Gasteiger partial charge in [-0.2, -0.15) is 4.99 Å². The molecule has 6 heteroatoms. The number of amides is 2. The van der Waals surface area contributed by atoms with Crippen molar-refractivity contribution in [3.05, 3.63) is 0 Å². The Morgan fingerprint density at radius 3 is 2.67 bits per heavy atom. The average Bonchev–Trinajstić information content (AvgIpc) is 2.60. The lowest BCUT2D eigenvalue weighted by Crippen LogP contribution is -2.57. The van der Waals surface area contributed by atoms with Crippen molar-refractivity contribution in [3.8, 4) is 0 Å². The molecule has 0 atom stereocenters. The molecule has 0 unspecified atom stereocenters. The number of hydrogen-bond donors (Lipinski definition) is 1. The summed E-state index contributed by atoms with van der Waals surface area (Å²) in [6, 6.07) is -0.236. The van der Waals surface area contributed by atoms with Crippen molar-refractivity contribution < 1.29 is 14.3 Å². The highest BCUT2D eigenvalue weighted by Crippen LogP contribution is 2.38. The Labute approximate surface area is 107 Å². The SMILES string of the molecule is COCCN1C(=O)N=C(N)C12CCC(OC)CC2. The van der Waals surface area contributed by atoms with Gasteiger partial charge < -0.3 is 20.1 Å². The molecular formula is C12H21N3O3. The molecule has 18 heavy (non-hydrogen) atoms. The molecule has 0 saturated heterocycles. The van der Waals surface area contributed by atoms with E-state index < -0.39 is 5.54 Å². The van der Waals surface area contributed by atoms with Crippen LogP contribution in [0.3, 0.4) is 0 Å². The van der Waals surface area contributed by atoms with E-state index >= 15 is 0 Å². The Kier molecular flexibility index (Phi) is 3.87. The lowest BCUT2D eigenvalue weighted by atomic mass is 9.78. The predicted molar refractivity (Wildman–Crippen MR) is 67.6 cm³/mol. The lowest BCUT2D eigenvalue weighted by Gasteiger charge is -2.42. The van der Waals surface area contributed by atoms with E-state index in [1.165, 1.54) is 0 Å². The predicted octanol–water partition coefficient (Wildman–Crippen LogP) is 0.753. The van der Waals surface area contributed by atoms with Crippen LogP contribution in [0, 0.1) is 0 Å². The second kappa shape index (κ2) is 5.24. The first kappa shape index (κ1) is 13.3.